The Balaban J connectivity index is 0.849. The molecule has 12 rings (SSSR count). The molecule has 16 heteroatoms. The Morgan fingerprint density at radius 2 is 0.762 bits per heavy atom. The molecule has 2 aromatic heterocycles. The molecule has 392 valence electrons. The third-order valence-corrected chi connectivity index (χ3v) is 15.0. The highest BCUT2D eigenvalue weighted by Crippen LogP contribution is 2.40. The molecule has 0 fully saturated rings. The van der Waals surface area contributed by atoms with Gasteiger partial charge in [0, 0.05) is 51.5 Å². The Labute approximate surface area is 459 Å². The predicted octanol–water partition coefficient (Wildman–Crippen LogP) is 16.4. The van der Waals surface area contributed by atoms with Gasteiger partial charge in [0.25, 0.3) is 20.2 Å². The Bertz CT molecular complexity index is 4410. The molecule has 4 N–H and O–H groups in total. The van der Waals surface area contributed by atoms with Crippen molar-refractivity contribution in [2.75, 3.05) is 10.6 Å². The Morgan fingerprint density at radius 1 is 0.375 bits per heavy atom. The number of aromatic nitrogens is 2. The normalized spacial score (nSPS) is 11.8. The smallest absolute Gasteiger partial charge is 0.298 e. The number of anilines is 4. The van der Waals surface area contributed by atoms with Gasteiger partial charge in [0.1, 0.15) is 55.9 Å². The minimum Gasteiger partial charge on any atom is -0.456 e. The summed E-state index contributed by atoms with van der Waals surface area (Å²) in [6, 6.07) is 69.7. The van der Waals surface area contributed by atoms with Gasteiger partial charge in [0.2, 0.25) is 11.8 Å². The van der Waals surface area contributed by atoms with Crippen molar-refractivity contribution in [2.24, 2.45) is 0 Å². The molecule has 0 atom stereocenters. The summed E-state index contributed by atoms with van der Waals surface area (Å²) >= 11 is 0. The maximum Gasteiger partial charge on any atom is 0.298 e. The van der Waals surface area contributed by atoms with Crippen molar-refractivity contribution in [1.82, 2.24) is 9.97 Å². The number of ether oxygens (including phenoxy) is 4. The van der Waals surface area contributed by atoms with Crippen LogP contribution in [0.3, 0.4) is 0 Å². The van der Waals surface area contributed by atoms with Crippen LogP contribution in [0.4, 0.5) is 23.0 Å². The van der Waals surface area contributed by atoms with Gasteiger partial charge in [-0.3, -0.25) is 9.11 Å². The van der Waals surface area contributed by atoms with E-state index in [0.29, 0.717) is 45.8 Å². The number of hydrogen-bond donors (Lipinski definition) is 4. The van der Waals surface area contributed by atoms with E-state index >= 15 is 0 Å². The lowest BCUT2D eigenvalue weighted by Crippen LogP contribution is -2.13. The van der Waals surface area contributed by atoms with Gasteiger partial charge in [-0.1, -0.05) is 176 Å². The first-order valence-corrected chi connectivity index (χ1v) is 27.8. The largest absolute Gasteiger partial charge is 0.456 e. The summed E-state index contributed by atoms with van der Waals surface area (Å²) < 4.78 is 100. The van der Waals surface area contributed by atoms with E-state index in [9.17, 15) is 25.9 Å². The van der Waals surface area contributed by atoms with Crippen LogP contribution < -0.4 is 29.6 Å². The number of nitrogens with zero attached hydrogens (tertiary/aromatic N) is 2. The van der Waals surface area contributed by atoms with E-state index < -0.39 is 35.7 Å². The van der Waals surface area contributed by atoms with Crippen molar-refractivity contribution >= 4 is 98.5 Å². The van der Waals surface area contributed by atoms with E-state index in [4.69, 9.17) is 23.9 Å². The number of benzene rings is 10. The molecular formula is C64H44N4O10S2. The number of hydrogen-bond acceptors (Lipinski definition) is 12. The highest BCUT2D eigenvalue weighted by Gasteiger charge is 2.31. The third-order valence-electron chi connectivity index (χ3n) is 13.0. The number of rotatable bonds is 16. The van der Waals surface area contributed by atoms with Gasteiger partial charge in [-0.05, 0) is 75.1 Å². The monoisotopic (exact) mass is 1090 g/mol. The van der Waals surface area contributed by atoms with Crippen molar-refractivity contribution in [1.29, 1.82) is 0 Å². The fraction of sp³-hybridized carbons (Fsp3) is 0. The van der Waals surface area contributed by atoms with E-state index in [2.05, 4.69) is 15.6 Å². The van der Waals surface area contributed by atoms with Gasteiger partial charge in [-0.15, -0.1) is 0 Å². The van der Waals surface area contributed by atoms with E-state index in [-0.39, 0.29) is 28.9 Å². The number of fused-ring (bicyclic) bond motifs is 4. The van der Waals surface area contributed by atoms with Crippen LogP contribution in [0.15, 0.2) is 240 Å². The topological polar surface area (TPSA) is 195 Å². The summed E-state index contributed by atoms with van der Waals surface area (Å²) in [7, 11) is -10.7. The van der Waals surface area contributed by atoms with Crippen molar-refractivity contribution < 1.29 is 44.9 Å². The summed E-state index contributed by atoms with van der Waals surface area (Å²) in [5.74, 6) is 3.51. The summed E-state index contributed by atoms with van der Waals surface area (Å²) in [4.78, 5) is 7.20. The quantitative estimate of drug-likeness (QED) is 0.0527. The second-order valence-corrected chi connectivity index (χ2v) is 21.1. The van der Waals surface area contributed by atoms with E-state index in [1.807, 2.05) is 158 Å². The lowest BCUT2D eigenvalue weighted by molar-refractivity contribution is 0.451. The van der Waals surface area contributed by atoms with Gasteiger partial charge in [0.15, 0.2) is 0 Å². The van der Waals surface area contributed by atoms with Gasteiger partial charge in [0.05, 0.1) is 5.69 Å². The standard InChI is InChI=1S/C64H44N4O10S2/c69-79(70,71)63-46(32-29-41-30-34-47(35-31-41)65-59-37-48(75-55-25-9-17-42-13-1-5-21-50(42)55)39-61(67-59)77-57-27-11-19-44-15-3-7-23-52(44)57)33-36-54(64(63)80(72,73)74)66-60-38-49(76-56-26-10-18-43-14-2-6-22-51(43)56)40-62(68-60)78-58-28-12-20-45-16-4-8-24-53(45)58/h1-40H,(H,65,67)(H,66,68)(H,69,70,71)(H,72,73,74). The lowest BCUT2D eigenvalue weighted by atomic mass is 10.1. The third kappa shape index (κ3) is 11.0. The fourth-order valence-electron chi connectivity index (χ4n) is 9.41. The molecular weight excluding hydrogens is 1050 g/mol. The first-order valence-electron chi connectivity index (χ1n) is 25.0. The van der Waals surface area contributed by atoms with Gasteiger partial charge in [-0.25, -0.2) is 0 Å². The molecule has 0 aliphatic heterocycles. The van der Waals surface area contributed by atoms with E-state index in [1.54, 1.807) is 54.6 Å². The zero-order valence-electron chi connectivity index (χ0n) is 42.0. The molecule has 0 spiro atoms. The fourth-order valence-corrected chi connectivity index (χ4v) is 11.6. The lowest BCUT2D eigenvalue weighted by Gasteiger charge is -2.17. The van der Waals surface area contributed by atoms with Crippen molar-refractivity contribution in [3.05, 3.63) is 242 Å². The molecule has 10 aromatic carbocycles. The molecule has 0 aliphatic carbocycles. The molecule has 2 heterocycles. The zero-order valence-corrected chi connectivity index (χ0v) is 43.6. The Hall–Kier alpha value is -10.1. The number of nitrogens with one attached hydrogen (secondary N) is 2. The summed E-state index contributed by atoms with van der Waals surface area (Å²) in [5.41, 5.74) is 0.491. The minimum absolute atomic E-state index is 0.0251. The van der Waals surface area contributed by atoms with Crippen LogP contribution in [0.5, 0.6) is 46.3 Å². The Morgan fingerprint density at radius 3 is 1.19 bits per heavy atom. The van der Waals surface area contributed by atoms with Gasteiger partial charge < -0.3 is 29.6 Å². The first-order chi connectivity index (χ1) is 38.8. The average molecular weight is 1090 g/mol. The molecule has 0 bridgehead atoms. The Kier molecular flexibility index (Phi) is 13.5. The zero-order chi connectivity index (χ0) is 54.8. The predicted molar refractivity (Wildman–Crippen MR) is 313 cm³/mol. The van der Waals surface area contributed by atoms with Crippen LogP contribution in [-0.2, 0) is 20.2 Å². The van der Waals surface area contributed by atoms with E-state index in [0.717, 1.165) is 43.1 Å². The van der Waals surface area contributed by atoms with E-state index in [1.165, 1.54) is 30.4 Å². The van der Waals surface area contributed by atoms with Crippen LogP contribution in [0.25, 0.3) is 55.2 Å². The molecule has 0 saturated heterocycles. The SMILES string of the molecule is O=S(=O)(O)c1c(C=Cc2ccc(Nc3cc(Oc4cccc5ccccc45)cc(Oc4cccc5ccccc45)n3)cc2)ccc(Nc2cc(Oc3cccc4ccccc34)cc(Oc3cccc4ccccc34)n2)c1S(=O)(=O)O. The van der Waals surface area contributed by atoms with Crippen LogP contribution >= 0.6 is 0 Å². The van der Waals surface area contributed by atoms with Crippen LogP contribution in [-0.4, -0.2) is 35.9 Å². The molecule has 14 nitrogen and oxygen atoms in total. The first kappa shape index (κ1) is 50.7. The maximum atomic E-state index is 13.3. The van der Waals surface area contributed by atoms with Crippen molar-refractivity contribution in [3.63, 3.8) is 0 Å². The van der Waals surface area contributed by atoms with Gasteiger partial charge in [-0.2, -0.15) is 26.8 Å². The maximum absolute atomic E-state index is 13.3. The summed E-state index contributed by atoms with van der Waals surface area (Å²) in [6.07, 6.45) is 2.83. The second-order valence-electron chi connectivity index (χ2n) is 18.4. The van der Waals surface area contributed by atoms with Crippen molar-refractivity contribution in [2.45, 2.75) is 9.79 Å². The van der Waals surface area contributed by atoms with Crippen LogP contribution in [0, 0.1) is 0 Å². The second kappa shape index (κ2) is 21.4. The molecule has 0 radical (unpaired) electrons. The molecule has 12 aromatic rings. The number of pyridine rings is 2. The highest BCUT2D eigenvalue weighted by atomic mass is 32.2. The minimum atomic E-state index is -5.39. The highest BCUT2D eigenvalue weighted by molar-refractivity contribution is 7.89. The average Bonchev–Trinajstić information content (AvgIpc) is 3.46. The molecule has 0 aliphatic rings. The van der Waals surface area contributed by atoms with Crippen LogP contribution in [0.2, 0.25) is 0 Å². The molecule has 0 amide bonds. The summed E-state index contributed by atoms with van der Waals surface area (Å²) in [5, 5.41) is 13.4. The van der Waals surface area contributed by atoms with Crippen molar-refractivity contribution in [3.8, 4) is 46.3 Å². The molecule has 0 unspecified atom stereocenters. The van der Waals surface area contributed by atoms with Gasteiger partial charge >= 0.3 is 0 Å². The molecule has 0 saturated carbocycles. The summed E-state index contributed by atoms with van der Waals surface area (Å²) in [6.45, 7) is 0. The molecule has 80 heavy (non-hydrogen) atoms. The van der Waals surface area contributed by atoms with Crippen LogP contribution in [0.1, 0.15) is 11.1 Å².